The smallest absolute Gasteiger partial charge is 0.224 e. The molecule has 4 nitrogen and oxygen atoms in total. The van der Waals surface area contributed by atoms with Crippen LogP contribution in [0.4, 0.5) is 17.1 Å². The van der Waals surface area contributed by atoms with Gasteiger partial charge in [0.1, 0.15) is 0 Å². The van der Waals surface area contributed by atoms with Gasteiger partial charge in [0, 0.05) is 25.2 Å². The highest BCUT2D eigenvalue weighted by molar-refractivity contribution is 5.94. The molecule has 1 fully saturated rings. The van der Waals surface area contributed by atoms with Crippen molar-refractivity contribution in [1.29, 1.82) is 0 Å². The second-order valence-electron chi connectivity index (χ2n) is 6.48. The summed E-state index contributed by atoms with van der Waals surface area (Å²) >= 11 is 0. The van der Waals surface area contributed by atoms with Crippen molar-refractivity contribution in [3.05, 3.63) is 17.7 Å². The van der Waals surface area contributed by atoms with Gasteiger partial charge in [-0.1, -0.05) is 20.8 Å². The molecular formula is C17H27N3O. The summed E-state index contributed by atoms with van der Waals surface area (Å²) < 4.78 is 0. The minimum absolute atomic E-state index is 0.00289. The van der Waals surface area contributed by atoms with Gasteiger partial charge < -0.3 is 16.0 Å². The lowest BCUT2D eigenvalue weighted by Crippen LogP contribution is -2.39. The molecule has 1 aliphatic rings. The van der Waals surface area contributed by atoms with Gasteiger partial charge in [0.2, 0.25) is 5.91 Å². The number of carbonyl (C=O) groups excluding carboxylic acids is 1. The molecule has 116 valence electrons. The first-order valence-electron chi connectivity index (χ1n) is 7.85. The quantitative estimate of drug-likeness (QED) is 0.838. The van der Waals surface area contributed by atoms with Crippen LogP contribution in [0.15, 0.2) is 12.1 Å². The number of benzene rings is 1. The lowest BCUT2D eigenvalue weighted by molar-refractivity contribution is -0.115. The summed E-state index contributed by atoms with van der Waals surface area (Å²) in [4.78, 5) is 14.1. The standard InChI is InChI=1S/C17H27N3O/c1-5-17(21)19-15-8-16(13(4)7-14(15)18)20-9-11(2)6-12(3)10-20/h7-8,11-12H,5-6,9-10,18H2,1-4H3,(H,19,21)/t11-,12-/m1/s1. The van der Waals surface area contributed by atoms with E-state index in [1.54, 1.807) is 0 Å². The maximum absolute atomic E-state index is 11.6. The third-order valence-corrected chi connectivity index (χ3v) is 4.17. The molecule has 21 heavy (non-hydrogen) atoms. The Kier molecular flexibility index (Phi) is 4.76. The number of anilines is 3. The molecule has 1 saturated heterocycles. The zero-order valence-electron chi connectivity index (χ0n) is 13.6. The van der Waals surface area contributed by atoms with E-state index in [0.29, 0.717) is 23.9 Å². The van der Waals surface area contributed by atoms with E-state index in [0.717, 1.165) is 18.8 Å². The van der Waals surface area contributed by atoms with Crippen molar-refractivity contribution in [2.75, 3.05) is 29.0 Å². The third kappa shape index (κ3) is 3.69. The average molecular weight is 289 g/mol. The van der Waals surface area contributed by atoms with Crippen LogP contribution >= 0.6 is 0 Å². The number of nitrogens with zero attached hydrogens (tertiary/aromatic N) is 1. The number of piperidine rings is 1. The molecule has 0 radical (unpaired) electrons. The second kappa shape index (κ2) is 6.37. The van der Waals surface area contributed by atoms with Crippen LogP contribution in [-0.4, -0.2) is 19.0 Å². The minimum Gasteiger partial charge on any atom is -0.397 e. The highest BCUT2D eigenvalue weighted by atomic mass is 16.1. The number of carbonyl (C=O) groups is 1. The summed E-state index contributed by atoms with van der Waals surface area (Å²) in [5.41, 5.74) is 9.77. The third-order valence-electron chi connectivity index (χ3n) is 4.17. The predicted molar refractivity (Wildman–Crippen MR) is 89.7 cm³/mol. The van der Waals surface area contributed by atoms with E-state index >= 15 is 0 Å². The first-order chi connectivity index (χ1) is 9.90. The van der Waals surface area contributed by atoms with Crippen LogP contribution in [0.1, 0.15) is 39.2 Å². The molecule has 1 amide bonds. The van der Waals surface area contributed by atoms with E-state index < -0.39 is 0 Å². The molecule has 0 saturated carbocycles. The van der Waals surface area contributed by atoms with Gasteiger partial charge in [-0.2, -0.15) is 0 Å². The molecule has 4 heteroatoms. The zero-order chi connectivity index (χ0) is 15.6. The van der Waals surface area contributed by atoms with Gasteiger partial charge in [0.15, 0.2) is 0 Å². The maximum atomic E-state index is 11.6. The molecule has 0 aliphatic carbocycles. The lowest BCUT2D eigenvalue weighted by Gasteiger charge is -2.37. The number of nitrogens with two attached hydrogens (primary N) is 1. The van der Waals surface area contributed by atoms with Crippen LogP contribution in [0.2, 0.25) is 0 Å². The Morgan fingerprint density at radius 2 is 1.95 bits per heavy atom. The van der Waals surface area contributed by atoms with E-state index in [9.17, 15) is 4.79 Å². The van der Waals surface area contributed by atoms with Crippen molar-refractivity contribution in [2.45, 2.75) is 40.5 Å². The van der Waals surface area contributed by atoms with Crippen molar-refractivity contribution < 1.29 is 4.79 Å². The topological polar surface area (TPSA) is 58.4 Å². The molecular weight excluding hydrogens is 262 g/mol. The van der Waals surface area contributed by atoms with E-state index in [-0.39, 0.29) is 5.91 Å². The molecule has 1 heterocycles. The van der Waals surface area contributed by atoms with Crippen LogP contribution in [-0.2, 0) is 4.79 Å². The number of hydrogen-bond acceptors (Lipinski definition) is 3. The summed E-state index contributed by atoms with van der Waals surface area (Å²) in [6.45, 7) is 10.7. The summed E-state index contributed by atoms with van der Waals surface area (Å²) in [5.74, 6) is 1.38. The fraction of sp³-hybridized carbons (Fsp3) is 0.588. The molecule has 2 rings (SSSR count). The van der Waals surface area contributed by atoms with Gasteiger partial charge in [-0.3, -0.25) is 4.79 Å². The molecule has 0 spiro atoms. The maximum Gasteiger partial charge on any atom is 0.224 e. The van der Waals surface area contributed by atoms with Crippen LogP contribution in [0.5, 0.6) is 0 Å². The van der Waals surface area contributed by atoms with Crippen LogP contribution in [0.25, 0.3) is 0 Å². The van der Waals surface area contributed by atoms with Gasteiger partial charge in [0.25, 0.3) is 0 Å². The molecule has 2 atom stereocenters. The van der Waals surface area contributed by atoms with E-state index in [4.69, 9.17) is 5.73 Å². The van der Waals surface area contributed by atoms with Gasteiger partial charge in [-0.25, -0.2) is 0 Å². The molecule has 3 N–H and O–H groups in total. The highest BCUT2D eigenvalue weighted by Crippen LogP contribution is 2.33. The summed E-state index contributed by atoms with van der Waals surface area (Å²) in [7, 11) is 0. The van der Waals surface area contributed by atoms with Crippen molar-refractivity contribution >= 4 is 23.0 Å². The Morgan fingerprint density at radius 3 is 2.52 bits per heavy atom. The first kappa shape index (κ1) is 15.7. The van der Waals surface area contributed by atoms with E-state index in [1.807, 2.05) is 19.1 Å². The van der Waals surface area contributed by atoms with Crippen molar-refractivity contribution in [2.24, 2.45) is 11.8 Å². The number of rotatable bonds is 3. The lowest BCUT2D eigenvalue weighted by atomic mass is 9.91. The Balaban J connectivity index is 2.30. The van der Waals surface area contributed by atoms with Crippen molar-refractivity contribution in [3.63, 3.8) is 0 Å². The Labute approximate surface area is 127 Å². The number of hydrogen-bond donors (Lipinski definition) is 2. The Hall–Kier alpha value is -1.71. The highest BCUT2D eigenvalue weighted by Gasteiger charge is 2.23. The van der Waals surface area contributed by atoms with Gasteiger partial charge in [-0.05, 0) is 42.9 Å². The molecule has 1 aromatic carbocycles. The Bertz CT molecular complexity index is 517. The van der Waals surface area contributed by atoms with E-state index in [1.165, 1.54) is 17.7 Å². The molecule has 0 unspecified atom stereocenters. The van der Waals surface area contributed by atoms with Crippen molar-refractivity contribution in [3.8, 4) is 0 Å². The predicted octanol–water partition coefficient (Wildman–Crippen LogP) is 3.41. The SMILES string of the molecule is CCC(=O)Nc1cc(N2C[C@H](C)C[C@@H](C)C2)c(C)cc1N. The fourth-order valence-corrected chi connectivity index (χ4v) is 3.27. The first-order valence-corrected chi connectivity index (χ1v) is 7.85. The van der Waals surface area contributed by atoms with Crippen LogP contribution < -0.4 is 16.0 Å². The molecule has 1 aliphatic heterocycles. The van der Waals surface area contributed by atoms with Crippen molar-refractivity contribution in [1.82, 2.24) is 0 Å². The number of amides is 1. The number of nitrogen functional groups attached to an aromatic ring is 1. The number of nitrogens with one attached hydrogen (secondary N) is 1. The second-order valence-corrected chi connectivity index (χ2v) is 6.48. The van der Waals surface area contributed by atoms with Crippen LogP contribution in [0, 0.1) is 18.8 Å². The van der Waals surface area contributed by atoms with Gasteiger partial charge >= 0.3 is 0 Å². The van der Waals surface area contributed by atoms with Crippen LogP contribution in [0.3, 0.4) is 0 Å². The minimum atomic E-state index is -0.00289. The summed E-state index contributed by atoms with van der Waals surface area (Å²) in [6, 6.07) is 3.99. The monoisotopic (exact) mass is 289 g/mol. The van der Waals surface area contributed by atoms with Gasteiger partial charge in [0.05, 0.1) is 11.4 Å². The molecule has 0 aromatic heterocycles. The normalized spacial score (nSPS) is 22.2. The average Bonchev–Trinajstić information content (AvgIpc) is 2.40. The van der Waals surface area contributed by atoms with E-state index in [2.05, 4.69) is 31.0 Å². The summed E-state index contributed by atoms with van der Waals surface area (Å²) in [6.07, 6.45) is 1.74. The summed E-state index contributed by atoms with van der Waals surface area (Å²) in [5, 5.41) is 2.90. The largest absolute Gasteiger partial charge is 0.397 e. The van der Waals surface area contributed by atoms with Gasteiger partial charge in [-0.15, -0.1) is 0 Å². The Morgan fingerprint density at radius 1 is 1.33 bits per heavy atom. The zero-order valence-corrected chi connectivity index (χ0v) is 13.6. The molecule has 0 bridgehead atoms. The molecule has 1 aromatic rings. The number of aryl methyl sites for hydroxylation is 1. The fourth-order valence-electron chi connectivity index (χ4n) is 3.27.